The minimum atomic E-state index is -2.01. The van der Waals surface area contributed by atoms with E-state index in [0.717, 1.165) is 5.56 Å². The average Bonchev–Trinajstić information content (AvgIpc) is 2.94. The van der Waals surface area contributed by atoms with Crippen molar-refractivity contribution in [3.05, 3.63) is 81.4 Å². The van der Waals surface area contributed by atoms with E-state index in [-0.39, 0.29) is 5.56 Å². The molecule has 0 saturated heterocycles. The Balaban J connectivity index is 2.29. The molecule has 0 bridgehead atoms. The maximum absolute atomic E-state index is 12.4. The van der Waals surface area contributed by atoms with Crippen molar-refractivity contribution in [3.63, 3.8) is 0 Å². The third-order valence-corrected chi connectivity index (χ3v) is 5.46. The smallest absolute Gasteiger partial charge is 0.254 e. The topological polar surface area (TPSA) is 130 Å². The summed E-state index contributed by atoms with van der Waals surface area (Å²) in [6.07, 6.45) is -0.444. The van der Waals surface area contributed by atoms with E-state index in [2.05, 4.69) is 0 Å². The van der Waals surface area contributed by atoms with Crippen molar-refractivity contribution >= 4 is 5.91 Å². The summed E-state index contributed by atoms with van der Waals surface area (Å²) in [5, 5.41) is 33.3. The first-order chi connectivity index (χ1) is 12.8. The molecule has 0 aromatic heterocycles. The van der Waals surface area contributed by atoms with Gasteiger partial charge in [-0.25, -0.2) is 0 Å². The SMILES string of the molecule is Cc1ccc([C@@H]2[C@@H]([N+](=O)[O-])[C@](O)(c3ccccc3)C[C@]2(C#N)C(N)=O)cc1. The van der Waals surface area contributed by atoms with E-state index in [1.54, 1.807) is 54.6 Å². The lowest BCUT2D eigenvalue weighted by molar-refractivity contribution is -0.547. The van der Waals surface area contributed by atoms with Crippen LogP contribution in [0.25, 0.3) is 0 Å². The van der Waals surface area contributed by atoms with Crippen LogP contribution in [0.15, 0.2) is 54.6 Å². The summed E-state index contributed by atoms with van der Waals surface area (Å²) >= 11 is 0. The summed E-state index contributed by atoms with van der Waals surface area (Å²) in [6, 6.07) is 15.2. The van der Waals surface area contributed by atoms with Crippen LogP contribution in [-0.4, -0.2) is 22.0 Å². The second kappa shape index (κ2) is 6.49. The molecule has 1 aliphatic rings. The summed E-state index contributed by atoms with van der Waals surface area (Å²) in [6.45, 7) is 1.86. The molecular weight excluding hydrogens is 346 g/mol. The number of hydrogen-bond donors (Lipinski definition) is 2. The minimum Gasteiger partial charge on any atom is -0.378 e. The van der Waals surface area contributed by atoms with Crippen molar-refractivity contribution in [1.29, 1.82) is 5.26 Å². The first-order valence-electron chi connectivity index (χ1n) is 8.45. The van der Waals surface area contributed by atoms with Gasteiger partial charge in [-0.2, -0.15) is 5.26 Å². The number of nitriles is 1. The maximum atomic E-state index is 12.4. The van der Waals surface area contributed by atoms with Crippen LogP contribution in [-0.2, 0) is 10.4 Å². The summed E-state index contributed by atoms with van der Waals surface area (Å²) < 4.78 is 0. The Bertz CT molecular complexity index is 922. The molecule has 27 heavy (non-hydrogen) atoms. The molecule has 7 nitrogen and oxygen atoms in total. The number of rotatable bonds is 4. The van der Waals surface area contributed by atoms with E-state index in [9.17, 15) is 25.3 Å². The van der Waals surface area contributed by atoms with E-state index in [1.807, 2.05) is 13.0 Å². The monoisotopic (exact) mass is 365 g/mol. The van der Waals surface area contributed by atoms with Gasteiger partial charge in [0.15, 0.2) is 11.0 Å². The fourth-order valence-electron chi connectivity index (χ4n) is 4.13. The number of hydrogen-bond acceptors (Lipinski definition) is 5. The Morgan fingerprint density at radius 3 is 2.33 bits per heavy atom. The fraction of sp³-hybridized carbons (Fsp3) is 0.300. The average molecular weight is 365 g/mol. The van der Waals surface area contributed by atoms with Crippen molar-refractivity contribution in [2.24, 2.45) is 11.1 Å². The molecule has 0 heterocycles. The standard InChI is InChI=1S/C20H19N3O4/c1-13-7-9-14(10-8-13)16-17(23(26)27)20(25,15-5-3-2-4-6-15)11-19(16,12-21)18(22)24/h2-10,16-17,25H,11H2,1H3,(H2,22,24)/t16-,17-,19-,20-/m1/s1. The van der Waals surface area contributed by atoms with Crippen LogP contribution in [0.2, 0.25) is 0 Å². The highest BCUT2D eigenvalue weighted by Crippen LogP contribution is 2.58. The van der Waals surface area contributed by atoms with Crippen molar-refractivity contribution in [2.75, 3.05) is 0 Å². The van der Waals surface area contributed by atoms with E-state index < -0.39 is 40.2 Å². The normalized spacial score (nSPS) is 29.8. The lowest BCUT2D eigenvalue weighted by atomic mass is 9.73. The van der Waals surface area contributed by atoms with Crippen LogP contribution < -0.4 is 5.73 Å². The van der Waals surface area contributed by atoms with Crippen LogP contribution in [0.5, 0.6) is 0 Å². The van der Waals surface area contributed by atoms with E-state index >= 15 is 0 Å². The molecule has 3 rings (SSSR count). The number of aliphatic hydroxyl groups is 1. The van der Waals surface area contributed by atoms with Gasteiger partial charge in [0, 0.05) is 11.3 Å². The molecule has 1 fully saturated rings. The molecule has 2 aromatic carbocycles. The van der Waals surface area contributed by atoms with Crippen molar-refractivity contribution in [2.45, 2.75) is 30.9 Å². The number of nitro groups is 1. The van der Waals surface area contributed by atoms with Crippen LogP contribution >= 0.6 is 0 Å². The highest BCUT2D eigenvalue weighted by atomic mass is 16.6. The Kier molecular flexibility index (Phi) is 4.46. The van der Waals surface area contributed by atoms with Gasteiger partial charge in [0.25, 0.3) is 6.04 Å². The van der Waals surface area contributed by atoms with Gasteiger partial charge in [-0.15, -0.1) is 0 Å². The van der Waals surface area contributed by atoms with Gasteiger partial charge >= 0.3 is 0 Å². The molecule has 0 radical (unpaired) electrons. The predicted molar refractivity (Wildman–Crippen MR) is 96.9 cm³/mol. The van der Waals surface area contributed by atoms with Gasteiger partial charge in [-0.3, -0.25) is 14.9 Å². The summed E-state index contributed by atoms with van der Waals surface area (Å²) in [4.78, 5) is 23.8. The second-order valence-corrected chi connectivity index (χ2v) is 7.03. The van der Waals surface area contributed by atoms with Gasteiger partial charge < -0.3 is 10.8 Å². The molecule has 138 valence electrons. The number of primary amides is 1. The lowest BCUT2D eigenvalue weighted by Crippen LogP contribution is -2.43. The third kappa shape index (κ3) is 2.75. The van der Waals surface area contributed by atoms with Crippen LogP contribution in [0.1, 0.15) is 29.0 Å². The molecule has 7 heteroatoms. The molecular formula is C20H19N3O4. The van der Waals surface area contributed by atoms with Crippen LogP contribution in [0, 0.1) is 33.8 Å². The minimum absolute atomic E-state index is 0.280. The lowest BCUT2D eigenvalue weighted by Gasteiger charge is -2.27. The summed E-state index contributed by atoms with van der Waals surface area (Å²) in [5.74, 6) is -2.16. The Morgan fingerprint density at radius 1 is 1.26 bits per heavy atom. The number of nitrogens with two attached hydrogens (primary N) is 1. The zero-order chi connectivity index (χ0) is 19.8. The number of amides is 1. The Labute approximate surface area is 156 Å². The van der Waals surface area contributed by atoms with E-state index in [0.29, 0.717) is 5.56 Å². The Morgan fingerprint density at radius 2 is 1.85 bits per heavy atom. The molecule has 0 unspecified atom stereocenters. The zero-order valence-electron chi connectivity index (χ0n) is 14.7. The first kappa shape index (κ1) is 18.5. The zero-order valence-corrected chi connectivity index (χ0v) is 14.7. The molecule has 1 aliphatic carbocycles. The number of carbonyl (C=O) groups is 1. The third-order valence-electron chi connectivity index (χ3n) is 5.46. The number of carbonyl (C=O) groups excluding carboxylic acids is 1. The van der Waals surface area contributed by atoms with E-state index in [1.165, 1.54) is 0 Å². The first-order valence-corrected chi connectivity index (χ1v) is 8.45. The molecule has 0 aliphatic heterocycles. The van der Waals surface area contributed by atoms with Crippen LogP contribution in [0.3, 0.4) is 0 Å². The van der Waals surface area contributed by atoms with Gasteiger partial charge in [0.05, 0.1) is 12.0 Å². The van der Waals surface area contributed by atoms with Crippen molar-refractivity contribution < 1.29 is 14.8 Å². The molecule has 1 saturated carbocycles. The number of aryl methyl sites for hydroxylation is 1. The van der Waals surface area contributed by atoms with Crippen LogP contribution in [0.4, 0.5) is 0 Å². The highest BCUT2D eigenvalue weighted by molar-refractivity contribution is 5.86. The summed E-state index contributed by atoms with van der Waals surface area (Å²) in [5.41, 5.74) is 3.28. The van der Waals surface area contributed by atoms with Gasteiger partial charge in [-0.1, -0.05) is 60.2 Å². The van der Waals surface area contributed by atoms with Gasteiger partial charge in [-0.05, 0) is 18.1 Å². The van der Waals surface area contributed by atoms with Crippen molar-refractivity contribution in [1.82, 2.24) is 0 Å². The molecule has 1 amide bonds. The summed E-state index contributed by atoms with van der Waals surface area (Å²) in [7, 11) is 0. The maximum Gasteiger partial charge on any atom is 0.254 e. The number of nitrogens with zero attached hydrogens (tertiary/aromatic N) is 2. The van der Waals surface area contributed by atoms with Gasteiger partial charge in [0.1, 0.15) is 0 Å². The molecule has 3 N–H and O–H groups in total. The van der Waals surface area contributed by atoms with Crippen molar-refractivity contribution in [3.8, 4) is 6.07 Å². The van der Waals surface area contributed by atoms with E-state index in [4.69, 9.17) is 5.73 Å². The Hall–Kier alpha value is -3.24. The number of benzene rings is 2. The quantitative estimate of drug-likeness (QED) is 0.632. The highest BCUT2D eigenvalue weighted by Gasteiger charge is 2.70. The largest absolute Gasteiger partial charge is 0.378 e. The van der Waals surface area contributed by atoms with Gasteiger partial charge in [0.2, 0.25) is 5.91 Å². The molecule has 0 spiro atoms. The second-order valence-electron chi connectivity index (χ2n) is 7.03. The molecule has 4 atom stereocenters. The molecule has 2 aromatic rings. The fourth-order valence-corrected chi connectivity index (χ4v) is 4.13. The predicted octanol–water partition coefficient (Wildman–Crippen LogP) is 2.01.